The molecule has 0 heterocycles. The van der Waals surface area contributed by atoms with Gasteiger partial charge in [0.1, 0.15) is 0 Å². The summed E-state index contributed by atoms with van der Waals surface area (Å²) in [5.74, 6) is 0.690. The van der Waals surface area contributed by atoms with Crippen LogP contribution in [0.4, 0.5) is 0 Å². The molecule has 2 nitrogen and oxygen atoms in total. The van der Waals surface area contributed by atoms with Crippen molar-refractivity contribution in [1.29, 1.82) is 5.26 Å². The minimum Gasteiger partial charge on any atom is -0.288 e. The van der Waals surface area contributed by atoms with Crippen molar-refractivity contribution in [2.24, 2.45) is 0 Å². The van der Waals surface area contributed by atoms with Crippen LogP contribution in [0.3, 0.4) is 0 Å². The van der Waals surface area contributed by atoms with Gasteiger partial charge >= 0.3 is 0 Å². The summed E-state index contributed by atoms with van der Waals surface area (Å²) in [5, 5.41) is 8.72. The zero-order valence-electron chi connectivity index (χ0n) is 8.43. The standard InChI is InChI=1S/C12H11NOS/c1-10(14)15-8-2-3-11-4-6-12(9-13)7-5-11/h2-7H,8H2,1H3. The summed E-state index contributed by atoms with van der Waals surface area (Å²) in [6.07, 6.45) is 3.88. The van der Waals surface area contributed by atoms with Crippen molar-refractivity contribution in [3.05, 3.63) is 41.5 Å². The first-order valence-electron chi connectivity index (χ1n) is 4.52. The molecule has 3 heteroatoms. The van der Waals surface area contributed by atoms with Crippen LogP contribution in [-0.4, -0.2) is 10.9 Å². The summed E-state index contributed by atoms with van der Waals surface area (Å²) < 4.78 is 0. The van der Waals surface area contributed by atoms with Gasteiger partial charge in [-0.25, -0.2) is 0 Å². The lowest BCUT2D eigenvalue weighted by atomic mass is 10.1. The number of carbonyl (C=O) groups is 1. The van der Waals surface area contributed by atoms with Crippen molar-refractivity contribution in [2.45, 2.75) is 6.92 Å². The number of nitrogens with zero attached hydrogens (tertiary/aromatic N) is 1. The van der Waals surface area contributed by atoms with Crippen LogP contribution in [0.5, 0.6) is 0 Å². The van der Waals surface area contributed by atoms with E-state index in [0.717, 1.165) is 5.56 Å². The zero-order chi connectivity index (χ0) is 11.1. The zero-order valence-corrected chi connectivity index (χ0v) is 9.25. The fourth-order valence-electron chi connectivity index (χ4n) is 1.02. The highest BCUT2D eigenvalue weighted by Crippen LogP contribution is 2.07. The van der Waals surface area contributed by atoms with Gasteiger partial charge in [0.25, 0.3) is 0 Å². The van der Waals surface area contributed by atoms with Gasteiger partial charge in [-0.05, 0) is 17.7 Å². The van der Waals surface area contributed by atoms with Crippen LogP contribution in [-0.2, 0) is 4.79 Å². The lowest BCUT2D eigenvalue weighted by molar-refractivity contribution is -0.109. The first kappa shape index (κ1) is 11.5. The van der Waals surface area contributed by atoms with Gasteiger partial charge in [0.15, 0.2) is 5.12 Å². The van der Waals surface area contributed by atoms with Crippen molar-refractivity contribution < 1.29 is 4.79 Å². The third kappa shape index (κ3) is 4.48. The molecule has 0 amide bonds. The second-order valence-corrected chi connectivity index (χ2v) is 4.14. The number of carbonyl (C=O) groups excluding carboxylic acids is 1. The molecule has 0 aliphatic rings. The molecular formula is C12H11NOS. The molecule has 0 aliphatic heterocycles. The van der Waals surface area contributed by atoms with E-state index < -0.39 is 0 Å². The number of hydrogen-bond acceptors (Lipinski definition) is 3. The van der Waals surface area contributed by atoms with Gasteiger partial charge in [0.05, 0.1) is 11.6 Å². The number of rotatable bonds is 3. The summed E-state index contributed by atoms with van der Waals surface area (Å²) in [4.78, 5) is 10.6. The van der Waals surface area contributed by atoms with Crippen molar-refractivity contribution in [3.8, 4) is 6.07 Å². The van der Waals surface area contributed by atoms with E-state index in [1.807, 2.05) is 24.3 Å². The molecule has 0 saturated carbocycles. The fourth-order valence-corrected chi connectivity index (χ4v) is 1.45. The highest BCUT2D eigenvalue weighted by Gasteiger charge is 1.91. The van der Waals surface area contributed by atoms with Crippen LogP contribution in [0.15, 0.2) is 30.3 Å². The third-order valence-electron chi connectivity index (χ3n) is 1.73. The maximum Gasteiger partial charge on any atom is 0.186 e. The fraction of sp³-hybridized carbons (Fsp3) is 0.167. The van der Waals surface area contributed by atoms with E-state index in [4.69, 9.17) is 5.26 Å². The SMILES string of the molecule is CC(=O)SCC=Cc1ccc(C#N)cc1. The lowest BCUT2D eigenvalue weighted by Crippen LogP contribution is -1.81. The molecule has 0 unspecified atom stereocenters. The molecule has 0 fully saturated rings. The van der Waals surface area contributed by atoms with E-state index in [1.165, 1.54) is 11.8 Å². The molecule has 0 spiro atoms. The van der Waals surface area contributed by atoms with Crippen LogP contribution < -0.4 is 0 Å². The largest absolute Gasteiger partial charge is 0.288 e. The average molecular weight is 217 g/mol. The van der Waals surface area contributed by atoms with Crippen LogP contribution in [0.25, 0.3) is 6.08 Å². The minimum atomic E-state index is 0.125. The van der Waals surface area contributed by atoms with Crippen molar-refractivity contribution in [2.75, 3.05) is 5.75 Å². The Bertz CT molecular complexity index is 401. The Labute approximate surface area is 93.6 Å². The molecule has 15 heavy (non-hydrogen) atoms. The van der Waals surface area contributed by atoms with Gasteiger partial charge in [-0.3, -0.25) is 4.79 Å². The Morgan fingerprint density at radius 1 is 1.47 bits per heavy atom. The number of thioether (sulfide) groups is 1. The number of benzene rings is 1. The first-order valence-corrected chi connectivity index (χ1v) is 5.51. The minimum absolute atomic E-state index is 0.125. The molecule has 1 aromatic carbocycles. The maximum absolute atomic E-state index is 10.6. The molecule has 0 radical (unpaired) electrons. The average Bonchev–Trinajstić information content (AvgIpc) is 2.25. The smallest absolute Gasteiger partial charge is 0.186 e. The van der Waals surface area contributed by atoms with Gasteiger partial charge in [-0.1, -0.05) is 36.0 Å². The Kier molecular flexibility index (Phi) is 4.65. The Balaban J connectivity index is 2.50. The van der Waals surface area contributed by atoms with Gasteiger partial charge < -0.3 is 0 Å². The molecule has 0 atom stereocenters. The van der Waals surface area contributed by atoms with Crippen molar-refractivity contribution in [3.63, 3.8) is 0 Å². The molecule has 0 aliphatic carbocycles. The van der Waals surface area contributed by atoms with E-state index in [-0.39, 0.29) is 5.12 Å². The normalized spacial score (nSPS) is 10.1. The first-order chi connectivity index (χ1) is 7.22. The second kappa shape index (κ2) is 6.05. The van der Waals surface area contributed by atoms with Gasteiger partial charge in [0.2, 0.25) is 0 Å². The predicted molar refractivity (Wildman–Crippen MR) is 63.3 cm³/mol. The van der Waals surface area contributed by atoms with Crippen LogP contribution in [0.2, 0.25) is 0 Å². The van der Waals surface area contributed by atoms with Crippen molar-refractivity contribution in [1.82, 2.24) is 0 Å². The number of hydrogen-bond donors (Lipinski definition) is 0. The molecular weight excluding hydrogens is 206 g/mol. The monoisotopic (exact) mass is 217 g/mol. The van der Waals surface area contributed by atoms with E-state index in [1.54, 1.807) is 19.1 Å². The molecule has 1 aromatic rings. The molecule has 76 valence electrons. The third-order valence-corrected chi connectivity index (χ3v) is 2.50. The lowest BCUT2D eigenvalue weighted by Gasteiger charge is -1.93. The quantitative estimate of drug-likeness (QED) is 0.781. The van der Waals surface area contributed by atoms with Gasteiger partial charge in [0, 0.05) is 12.7 Å². The molecule has 1 rings (SSSR count). The van der Waals surface area contributed by atoms with E-state index in [2.05, 4.69) is 6.07 Å². The van der Waals surface area contributed by atoms with E-state index in [0.29, 0.717) is 11.3 Å². The molecule has 0 bridgehead atoms. The van der Waals surface area contributed by atoms with E-state index >= 15 is 0 Å². The summed E-state index contributed by atoms with van der Waals surface area (Å²) >= 11 is 1.28. The summed E-state index contributed by atoms with van der Waals surface area (Å²) in [6, 6.07) is 9.38. The molecule has 0 saturated heterocycles. The Morgan fingerprint density at radius 3 is 2.67 bits per heavy atom. The van der Waals surface area contributed by atoms with Gasteiger partial charge in [-0.2, -0.15) is 5.26 Å². The topological polar surface area (TPSA) is 40.9 Å². The van der Waals surface area contributed by atoms with Gasteiger partial charge in [-0.15, -0.1) is 0 Å². The Morgan fingerprint density at radius 2 is 2.13 bits per heavy atom. The van der Waals surface area contributed by atoms with Crippen LogP contribution in [0, 0.1) is 11.3 Å². The van der Waals surface area contributed by atoms with E-state index in [9.17, 15) is 4.79 Å². The second-order valence-electron chi connectivity index (χ2n) is 2.94. The van der Waals surface area contributed by atoms with Crippen LogP contribution >= 0.6 is 11.8 Å². The summed E-state index contributed by atoms with van der Waals surface area (Å²) in [6.45, 7) is 1.56. The summed E-state index contributed by atoms with van der Waals surface area (Å²) in [7, 11) is 0. The predicted octanol–water partition coefficient (Wildman–Crippen LogP) is 2.85. The highest BCUT2D eigenvalue weighted by atomic mass is 32.2. The molecule has 0 aromatic heterocycles. The molecule has 0 N–H and O–H groups in total. The summed E-state index contributed by atoms with van der Waals surface area (Å²) in [5.41, 5.74) is 1.70. The highest BCUT2D eigenvalue weighted by molar-refractivity contribution is 8.13. The Hall–Kier alpha value is -1.53. The van der Waals surface area contributed by atoms with Crippen LogP contribution in [0.1, 0.15) is 18.1 Å². The van der Waals surface area contributed by atoms with Crippen molar-refractivity contribution >= 4 is 23.0 Å². The maximum atomic E-state index is 10.6. The number of nitriles is 1.